The van der Waals surface area contributed by atoms with Crippen LogP contribution < -0.4 is 4.90 Å². The fraction of sp³-hybridized carbons (Fsp3) is 0.500. The molecular formula is C14H15F4NO2. The summed E-state index contributed by atoms with van der Waals surface area (Å²) in [5.74, 6) is -1.49. The number of rotatable bonds is 2. The molecule has 0 saturated carbocycles. The summed E-state index contributed by atoms with van der Waals surface area (Å²) < 4.78 is 56.3. The maximum absolute atomic E-state index is 14.0. The Morgan fingerprint density at radius 3 is 2.62 bits per heavy atom. The van der Waals surface area contributed by atoms with Crippen LogP contribution in [0.2, 0.25) is 0 Å². The minimum absolute atomic E-state index is 0.00176. The number of nitrogens with zero attached hydrogens (tertiary/aromatic N) is 1. The SMILES string of the molecule is COC(=O)C1CCCCN1c1ccc(C(F)(F)F)cc1F. The van der Waals surface area contributed by atoms with Crippen molar-refractivity contribution in [3.8, 4) is 0 Å². The summed E-state index contributed by atoms with van der Waals surface area (Å²) in [6, 6.07) is 1.69. The fourth-order valence-electron chi connectivity index (χ4n) is 2.52. The molecule has 0 N–H and O–H groups in total. The van der Waals surface area contributed by atoms with E-state index in [-0.39, 0.29) is 5.69 Å². The van der Waals surface area contributed by atoms with Crippen LogP contribution in [0, 0.1) is 5.82 Å². The number of ether oxygens (including phenoxy) is 1. The fourth-order valence-corrected chi connectivity index (χ4v) is 2.52. The van der Waals surface area contributed by atoms with Crippen molar-refractivity contribution < 1.29 is 27.1 Å². The zero-order valence-corrected chi connectivity index (χ0v) is 11.4. The monoisotopic (exact) mass is 305 g/mol. The molecule has 1 aromatic rings. The number of carbonyl (C=O) groups excluding carboxylic acids is 1. The molecule has 0 aromatic heterocycles. The average molecular weight is 305 g/mol. The minimum Gasteiger partial charge on any atom is -0.467 e. The molecule has 1 fully saturated rings. The summed E-state index contributed by atoms with van der Waals surface area (Å²) in [6.45, 7) is 0.405. The molecule has 116 valence electrons. The second-order valence-corrected chi connectivity index (χ2v) is 4.89. The molecule has 1 heterocycles. The van der Waals surface area contributed by atoms with Gasteiger partial charge in [0.2, 0.25) is 0 Å². The molecule has 0 bridgehead atoms. The molecule has 21 heavy (non-hydrogen) atoms. The van der Waals surface area contributed by atoms with E-state index < -0.39 is 29.6 Å². The molecule has 0 aliphatic carbocycles. The molecule has 1 unspecified atom stereocenters. The lowest BCUT2D eigenvalue weighted by Crippen LogP contribution is -2.45. The van der Waals surface area contributed by atoms with E-state index >= 15 is 0 Å². The van der Waals surface area contributed by atoms with Gasteiger partial charge in [0, 0.05) is 6.54 Å². The van der Waals surface area contributed by atoms with Crippen molar-refractivity contribution in [2.75, 3.05) is 18.6 Å². The maximum atomic E-state index is 14.0. The summed E-state index contributed by atoms with van der Waals surface area (Å²) >= 11 is 0. The Kier molecular flexibility index (Phi) is 4.39. The van der Waals surface area contributed by atoms with Crippen molar-refractivity contribution in [2.45, 2.75) is 31.5 Å². The molecular weight excluding hydrogens is 290 g/mol. The van der Waals surface area contributed by atoms with E-state index in [4.69, 9.17) is 0 Å². The van der Waals surface area contributed by atoms with Crippen LogP contribution in [0.4, 0.5) is 23.2 Å². The maximum Gasteiger partial charge on any atom is 0.416 e. The highest BCUT2D eigenvalue weighted by Gasteiger charge is 2.34. The Morgan fingerprint density at radius 1 is 1.33 bits per heavy atom. The van der Waals surface area contributed by atoms with Crippen molar-refractivity contribution >= 4 is 11.7 Å². The van der Waals surface area contributed by atoms with Crippen LogP contribution in [-0.2, 0) is 15.7 Å². The van der Waals surface area contributed by atoms with E-state index in [2.05, 4.69) is 4.74 Å². The number of anilines is 1. The van der Waals surface area contributed by atoms with E-state index in [1.165, 1.54) is 12.0 Å². The largest absolute Gasteiger partial charge is 0.467 e. The first kappa shape index (κ1) is 15.6. The van der Waals surface area contributed by atoms with Crippen LogP contribution in [0.1, 0.15) is 24.8 Å². The number of hydrogen-bond donors (Lipinski definition) is 0. The zero-order valence-electron chi connectivity index (χ0n) is 11.4. The van der Waals surface area contributed by atoms with Gasteiger partial charge in [0.1, 0.15) is 11.9 Å². The van der Waals surface area contributed by atoms with Gasteiger partial charge in [-0.25, -0.2) is 9.18 Å². The first-order valence-electron chi connectivity index (χ1n) is 6.56. The molecule has 1 saturated heterocycles. The second-order valence-electron chi connectivity index (χ2n) is 4.89. The first-order chi connectivity index (χ1) is 9.84. The minimum atomic E-state index is -4.59. The number of benzene rings is 1. The van der Waals surface area contributed by atoms with Crippen molar-refractivity contribution in [1.82, 2.24) is 0 Å². The Morgan fingerprint density at radius 2 is 2.05 bits per heavy atom. The van der Waals surface area contributed by atoms with Crippen LogP contribution in [0.5, 0.6) is 0 Å². The highest BCUT2D eigenvalue weighted by molar-refractivity contribution is 5.80. The van der Waals surface area contributed by atoms with Gasteiger partial charge >= 0.3 is 12.1 Å². The molecule has 1 atom stereocenters. The van der Waals surface area contributed by atoms with Gasteiger partial charge in [0.25, 0.3) is 0 Å². The van der Waals surface area contributed by atoms with Gasteiger partial charge in [-0.3, -0.25) is 0 Å². The second kappa shape index (κ2) is 5.91. The molecule has 1 aromatic carbocycles. The average Bonchev–Trinajstić information content (AvgIpc) is 2.45. The van der Waals surface area contributed by atoms with Gasteiger partial charge in [-0.1, -0.05) is 0 Å². The predicted molar refractivity (Wildman–Crippen MR) is 68.4 cm³/mol. The summed E-state index contributed by atoms with van der Waals surface area (Å²) in [5, 5.41) is 0. The quantitative estimate of drug-likeness (QED) is 0.620. The van der Waals surface area contributed by atoms with Gasteiger partial charge in [-0.05, 0) is 37.5 Å². The number of halogens is 4. The van der Waals surface area contributed by atoms with Crippen LogP contribution >= 0.6 is 0 Å². The normalized spacial score (nSPS) is 19.5. The van der Waals surface area contributed by atoms with E-state index in [1.54, 1.807) is 0 Å². The highest BCUT2D eigenvalue weighted by atomic mass is 19.4. The Balaban J connectivity index is 2.33. The molecule has 1 aliphatic rings. The van der Waals surface area contributed by atoms with Crippen LogP contribution in [0.15, 0.2) is 18.2 Å². The zero-order chi connectivity index (χ0) is 15.6. The lowest BCUT2D eigenvalue weighted by molar-refractivity contribution is -0.142. The number of esters is 1. The Hall–Kier alpha value is -1.79. The standard InChI is InChI=1S/C14H15F4NO2/c1-21-13(20)12-4-2-3-7-19(12)11-6-5-9(8-10(11)15)14(16,17)18/h5-6,8,12H,2-4,7H2,1H3. The number of hydrogen-bond acceptors (Lipinski definition) is 3. The lowest BCUT2D eigenvalue weighted by atomic mass is 10.0. The third-order valence-electron chi connectivity index (χ3n) is 3.56. The van der Waals surface area contributed by atoms with Gasteiger partial charge in [0.15, 0.2) is 0 Å². The molecule has 7 heteroatoms. The van der Waals surface area contributed by atoms with Gasteiger partial charge < -0.3 is 9.64 Å². The van der Waals surface area contributed by atoms with E-state index in [0.717, 1.165) is 25.0 Å². The smallest absolute Gasteiger partial charge is 0.416 e. The molecule has 0 spiro atoms. The predicted octanol–water partition coefficient (Wildman–Crippen LogP) is 3.38. The highest BCUT2D eigenvalue weighted by Crippen LogP contribution is 2.34. The van der Waals surface area contributed by atoms with Crippen molar-refractivity contribution in [1.29, 1.82) is 0 Å². The Labute approximate surface area is 119 Å². The van der Waals surface area contributed by atoms with Crippen LogP contribution in [-0.4, -0.2) is 25.7 Å². The number of carbonyl (C=O) groups is 1. The summed E-state index contributed by atoms with van der Waals surface area (Å²) in [6.07, 6.45) is -2.57. The van der Waals surface area contributed by atoms with Crippen molar-refractivity contribution in [3.05, 3.63) is 29.6 Å². The third kappa shape index (κ3) is 3.28. The number of methoxy groups -OCH3 is 1. The lowest BCUT2D eigenvalue weighted by Gasteiger charge is -2.35. The molecule has 2 rings (SSSR count). The molecule has 3 nitrogen and oxygen atoms in total. The van der Waals surface area contributed by atoms with E-state index in [1.807, 2.05) is 0 Å². The van der Waals surface area contributed by atoms with Gasteiger partial charge in [-0.2, -0.15) is 13.2 Å². The summed E-state index contributed by atoms with van der Waals surface area (Å²) in [4.78, 5) is 13.2. The first-order valence-corrected chi connectivity index (χ1v) is 6.56. The van der Waals surface area contributed by atoms with Crippen molar-refractivity contribution in [2.24, 2.45) is 0 Å². The van der Waals surface area contributed by atoms with E-state index in [9.17, 15) is 22.4 Å². The van der Waals surface area contributed by atoms with Crippen LogP contribution in [0.3, 0.4) is 0 Å². The van der Waals surface area contributed by atoms with Gasteiger partial charge in [-0.15, -0.1) is 0 Å². The molecule has 0 radical (unpaired) electrons. The molecule has 1 aliphatic heterocycles. The third-order valence-corrected chi connectivity index (χ3v) is 3.56. The number of alkyl halides is 3. The Bertz CT molecular complexity index is 530. The van der Waals surface area contributed by atoms with Gasteiger partial charge in [0.05, 0.1) is 18.4 Å². The topological polar surface area (TPSA) is 29.5 Å². The molecule has 0 amide bonds. The van der Waals surface area contributed by atoms with Crippen LogP contribution in [0.25, 0.3) is 0 Å². The summed E-state index contributed by atoms with van der Waals surface area (Å²) in [7, 11) is 1.23. The number of piperidine rings is 1. The summed E-state index contributed by atoms with van der Waals surface area (Å²) in [5.41, 5.74) is -1.05. The van der Waals surface area contributed by atoms with Crippen molar-refractivity contribution in [3.63, 3.8) is 0 Å². The van der Waals surface area contributed by atoms with E-state index in [0.29, 0.717) is 19.0 Å².